The van der Waals surface area contributed by atoms with Gasteiger partial charge in [-0.05, 0) is 36.2 Å². The lowest BCUT2D eigenvalue weighted by Crippen LogP contribution is -2.22. The molecular weight excluding hydrogens is 336 g/mol. The van der Waals surface area contributed by atoms with Crippen molar-refractivity contribution in [3.8, 4) is 0 Å². The maximum atomic E-state index is 5.93. The second-order valence-electron chi connectivity index (χ2n) is 8.00. The Hall–Kier alpha value is -2.17. The molecule has 0 aliphatic carbocycles. The van der Waals surface area contributed by atoms with Crippen molar-refractivity contribution in [2.24, 2.45) is 0 Å². The molecule has 3 nitrogen and oxygen atoms in total. The highest BCUT2D eigenvalue weighted by Crippen LogP contribution is 2.22. The number of aromatic nitrogens is 2. The van der Waals surface area contributed by atoms with E-state index in [-0.39, 0.29) is 0 Å². The fourth-order valence-corrected chi connectivity index (χ4v) is 3.56. The first-order chi connectivity index (χ1) is 12.4. The van der Waals surface area contributed by atoms with Crippen LogP contribution in [0, 0.1) is 6.92 Å². The second kappa shape index (κ2) is 8.02. The molecule has 0 fully saturated rings. The average molecular weight is 365 g/mol. The van der Waals surface area contributed by atoms with Crippen molar-refractivity contribution in [2.75, 3.05) is 6.61 Å². The number of ether oxygens (including phenoxy) is 1. The minimum Gasteiger partial charge on any atom is -0.360 e. The lowest BCUT2D eigenvalue weighted by Gasteiger charge is -2.15. The second-order valence-corrected chi connectivity index (χ2v) is 13.6. The summed E-state index contributed by atoms with van der Waals surface area (Å²) in [5.74, 6) is 0. The molecule has 4 heteroatoms. The molecule has 2 aromatic carbocycles. The topological polar surface area (TPSA) is 27.1 Å². The molecule has 0 N–H and O–H groups in total. The third-order valence-corrected chi connectivity index (χ3v) is 6.08. The summed E-state index contributed by atoms with van der Waals surface area (Å²) in [6, 6.07) is 18.0. The van der Waals surface area contributed by atoms with Gasteiger partial charge in [0.05, 0.1) is 11.2 Å². The summed E-state index contributed by atoms with van der Waals surface area (Å²) < 4.78 is 7.91. The van der Waals surface area contributed by atoms with E-state index in [0.29, 0.717) is 6.73 Å². The van der Waals surface area contributed by atoms with Gasteiger partial charge in [0.25, 0.3) is 0 Å². The first kappa shape index (κ1) is 18.6. The van der Waals surface area contributed by atoms with Crippen LogP contribution in [-0.2, 0) is 11.5 Å². The van der Waals surface area contributed by atoms with E-state index in [1.54, 1.807) is 0 Å². The van der Waals surface area contributed by atoms with Crippen molar-refractivity contribution in [2.45, 2.75) is 39.3 Å². The Labute approximate surface area is 157 Å². The summed E-state index contributed by atoms with van der Waals surface area (Å²) in [7, 11) is -1.07. The van der Waals surface area contributed by atoms with Gasteiger partial charge in [0.15, 0.2) is 0 Å². The largest absolute Gasteiger partial charge is 0.360 e. The molecule has 26 heavy (non-hydrogen) atoms. The van der Waals surface area contributed by atoms with Crippen LogP contribution in [0.2, 0.25) is 25.7 Å². The number of hydrogen-bond acceptors (Lipinski definition) is 2. The smallest absolute Gasteiger partial charge is 0.140 e. The van der Waals surface area contributed by atoms with Gasteiger partial charge in [-0.1, -0.05) is 68.2 Å². The lowest BCUT2D eigenvalue weighted by atomic mass is 10.1. The van der Waals surface area contributed by atoms with Gasteiger partial charge in [0.2, 0.25) is 0 Å². The molecule has 3 rings (SSSR count). The van der Waals surface area contributed by atoms with Crippen molar-refractivity contribution < 1.29 is 4.74 Å². The van der Waals surface area contributed by atoms with E-state index in [4.69, 9.17) is 9.84 Å². The van der Waals surface area contributed by atoms with Crippen LogP contribution in [0.15, 0.2) is 48.5 Å². The van der Waals surface area contributed by atoms with E-state index in [1.807, 2.05) is 22.9 Å². The van der Waals surface area contributed by atoms with Crippen molar-refractivity contribution in [1.29, 1.82) is 0 Å². The molecule has 3 aromatic rings. The SMILES string of the molecule is Cc1ccc2c(/C=C/c3ccccc3)nn(COCC[Si](C)(C)C)c2c1. The number of nitrogens with zero attached hydrogens (tertiary/aromatic N) is 2. The van der Waals surface area contributed by atoms with Gasteiger partial charge in [-0.25, -0.2) is 4.68 Å². The van der Waals surface area contributed by atoms with E-state index in [9.17, 15) is 0 Å². The number of benzene rings is 2. The molecular formula is C22H28N2OSi. The van der Waals surface area contributed by atoms with Crippen molar-refractivity contribution in [1.82, 2.24) is 9.78 Å². The molecule has 0 aliphatic rings. The molecule has 136 valence electrons. The minimum atomic E-state index is -1.07. The van der Waals surface area contributed by atoms with Crippen LogP contribution >= 0.6 is 0 Å². The van der Waals surface area contributed by atoms with Crippen molar-refractivity contribution in [3.63, 3.8) is 0 Å². The van der Waals surface area contributed by atoms with E-state index >= 15 is 0 Å². The maximum Gasteiger partial charge on any atom is 0.140 e. The summed E-state index contributed by atoms with van der Waals surface area (Å²) in [4.78, 5) is 0. The average Bonchev–Trinajstić information content (AvgIpc) is 2.94. The van der Waals surface area contributed by atoms with Gasteiger partial charge in [0.1, 0.15) is 6.73 Å². The predicted molar refractivity (Wildman–Crippen MR) is 114 cm³/mol. The van der Waals surface area contributed by atoms with Gasteiger partial charge in [-0.2, -0.15) is 5.10 Å². The summed E-state index contributed by atoms with van der Waals surface area (Å²) >= 11 is 0. The van der Waals surface area contributed by atoms with Crippen LogP contribution in [0.4, 0.5) is 0 Å². The van der Waals surface area contributed by atoms with Crippen LogP contribution in [0.1, 0.15) is 16.8 Å². The Morgan fingerprint density at radius 1 is 1.04 bits per heavy atom. The Balaban J connectivity index is 1.82. The standard InChI is InChI=1S/C22H28N2OSi/c1-18-10-12-20-21(13-11-19-8-6-5-7-9-19)23-24(22(20)16-18)17-25-14-15-26(2,3)4/h5-13,16H,14-15,17H2,1-4H3/b13-11+. The first-order valence-electron chi connectivity index (χ1n) is 9.20. The molecule has 1 heterocycles. The highest BCUT2D eigenvalue weighted by atomic mass is 28.3. The zero-order chi connectivity index (χ0) is 18.6. The van der Waals surface area contributed by atoms with E-state index < -0.39 is 8.07 Å². The third-order valence-electron chi connectivity index (χ3n) is 4.38. The van der Waals surface area contributed by atoms with Gasteiger partial charge in [-0.3, -0.25) is 0 Å². The molecule has 0 saturated heterocycles. The Morgan fingerprint density at radius 2 is 1.81 bits per heavy atom. The zero-order valence-corrected chi connectivity index (χ0v) is 17.2. The van der Waals surface area contributed by atoms with Gasteiger partial charge in [-0.15, -0.1) is 0 Å². The van der Waals surface area contributed by atoms with Crippen LogP contribution in [0.3, 0.4) is 0 Å². The van der Waals surface area contributed by atoms with Gasteiger partial charge in [0, 0.05) is 20.1 Å². The molecule has 0 radical (unpaired) electrons. The molecule has 0 bridgehead atoms. The van der Waals surface area contributed by atoms with Crippen LogP contribution in [-0.4, -0.2) is 24.5 Å². The lowest BCUT2D eigenvalue weighted by molar-refractivity contribution is 0.0816. The van der Waals surface area contributed by atoms with Gasteiger partial charge < -0.3 is 4.74 Å². The molecule has 0 aliphatic heterocycles. The quantitative estimate of drug-likeness (QED) is 0.390. The summed E-state index contributed by atoms with van der Waals surface area (Å²) in [5, 5.41) is 5.96. The highest BCUT2D eigenvalue weighted by molar-refractivity contribution is 6.76. The van der Waals surface area contributed by atoms with Crippen LogP contribution < -0.4 is 0 Å². The first-order valence-corrected chi connectivity index (χ1v) is 12.9. The van der Waals surface area contributed by atoms with Crippen LogP contribution in [0.5, 0.6) is 0 Å². The summed E-state index contributed by atoms with van der Waals surface area (Å²) in [5.41, 5.74) is 4.52. The molecule has 0 atom stereocenters. The minimum absolute atomic E-state index is 0.504. The van der Waals surface area contributed by atoms with Crippen molar-refractivity contribution >= 4 is 31.1 Å². The molecule has 1 aromatic heterocycles. The van der Waals surface area contributed by atoms with Crippen molar-refractivity contribution in [3.05, 3.63) is 65.4 Å². The summed E-state index contributed by atoms with van der Waals surface area (Å²) in [6.45, 7) is 10.5. The molecule has 0 amide bonds. The van der Waals surface area contributed by atoms with Gasteiger partial charge >= 0.3 is 0 Å². The monoisotopic (exact) mass is 364 g/mol. The number of fused-ring (bicyclic) bond motifs is 1. The summed E-state index contributed by atoms with van der Waals surface area (Å²) in [6.07, 6.45) is 4.20. The number of aryl methyl sites for hydroxylation is 1. The molecule has 0 unspecified atom stereocenters. The third kappa shape index (κ3) is 4.93. The Bertz CT molecular complexity index is 892. The molecule has 0 saturated carbocycles. The zero-order valence-electron chi connectivity index (χ0n) is 16.2. The maximum absolute atomic E-state index is 5.93. The highest BCUT2D eigenvalue weighted by Gasteiger charge is 2.13. The predicted octanol–water partition coefficient (Wildman–Crippen LogP) is 5.83. The molecule has 0 spiro atoms. The van der Waals surface area contributed by atoms with E-state index in [1.165, 1.54) is 17.2 Å². The van der Waals surface area contributed by atoms with E-state index in [2.05, 4.69) is 69.0 Å². The Morgan fingerprint density at radius 3 is 2.54 bits per heavy atom. The Kier molecular flexibility index (Phi) is 5.74. The fourth-order valence-electron chi connectivity index (χ4n) is 2.80. The number of hydrogen-bond donors (Lipinski definition) is 0. The van der Waals surface area contributed by atoms with E-state index in [0.717, 1.165) is 23.2 Å². The number of rotatable bonds is 7. The van der Waals surface area contributed by atoms with Crippen LogP contribution in [0.25, 0.3) is 23.1 Å². The fraction of sp³-hybridized carbons (Fsp3) is 0.318. The normalized spacial score (nSPS) is 12.3.